The maximum absolute atomic E-state index is 14.1. The van der Waals surface area contributed by atoms with Crippen LogP contribution in [0.25, 0.3) is 33.5 Å². The second-order valence-electron chi connectivity index (χ2n) is 9.68. The summed E-state index contributed by atoms with van der Waals surface area (Å²) in [6.07, 6.45) is 2.23. The van der Waals surface area contributed by atoms with Crippen molar-refractivity contribution >= 4 is 23.2 Å². The third-order valence-electron chi connectivity index (χ3n) is 5.67. The van der Waals surface area contributed by atoms with Gasteiger partial charge in [0.15, 0.2) is 17.2 Å². The van der Waals surface area contributed by atoms with Gasteiger partial charge < -0.3 is 14.8 Å². The molecule has 9 nitrogen and oxygen atoms in total. The fraction of sp³-hybridized carbons (Fsp3) is 0.250. The Labute approximate surface area is 218 Å². The lowest BCUT2D eigenvalue weighted by molar-refractivity contribution is -0.123. The molecule has 0 fully saturated rings. The van der Waals surface area contributed by atoms with Crippen molar-refractivity contribution in [2.45, 2.75) is 32.9 Å². The lowest BCUT2D eigenvalue weighted by Crippen LogP contribution is -2.43. The molecule has 0 saturated heterocycles. The zero-order valence-corrected chi connectivity index (χ0v) is 21.7. The van der Waals surface area contributed by atoms with E-state index in [0.29, 0.717) is 34.3 Å². The molecule has 0 aliphatic rings. The van der Waals surface area contributed by atoms with E-state index in [4.69, 9.17) is 9.47 Å². The van der Waals surface area contributed by atoms with Crippen LogP contribution in [0.4, 0.5) is 4.39 Å². The summed E-state index contributed by atoms with van der Waals surface area (Å²) in [5.74, 6) is -0.403. The van der Waals surface area contributed by atoms with Crippen molar-refractivity contribution in [3.05, 3.63) is 70.4 Å². The van der Waals surface area contributed by atoms with E-state index < -0.39 is 22.8 Å². The van der Waals surface area contributed by atoms with Crippen molar-refractivity contribution in [3.8, 4) is 34.0 Å². The van der Waals surface area contributed by atoms with Crippen molar-refractivity contribution in [1.29, 1.82) is 0 Å². The summed E-state index contributed by atoms with van der Waals surface area (Å²) in [4.78, 5) is 47.0. The van der Waals surface area contributed by atoms with Crippen LogP contribution in [-0.2, 0) is 11.3 Å². The van der Waals surface area contributed by atoms with Gasteiger partial charge in [0, 0.05) is 28.4 Å². The number of fused-ring (bicyclic) bond motifs is 1. The molecule has 4 aromatic rings. The van der Waals surface area contributed by atoms with Gasteiger partial charge >= 0.3 is 0 Å². The summed E-state index contributed by atoms with van der Waals surface area (Å²) in [6.45, 7) is 5.16. The number of nitrogens with zero attached hydrogens (tertiary/aromatic N) is 3. The molecule has 0 aliphatic heterocycles. The summed E-state index contributed by atoms with van der Waals surface area (Å²) < 4.78 is 25.7. The predicted octanol–water partition coefficient (Wildman–Crippen LogP) is 4.01. The number of rotatable bonds is 7. The van der Waals surface area contributed by atoms with Crippen LogP contribution >= 0.6 is 0 Å². The number of halogens is 1. The summed E-state index contributed by atoms with van der Waals surface area (Å²) in [6, 6.07) is 10.6. The maximum Gasteiger partial charge on any atom is 0.263 e. The van der Waals surface area contributed by atoms with Gasteiger partial charge in [-0.1, -0.05) is 0 Å². The Bertz CT molecular complexity index is 1610. The molecule has 2 heterocycles. The van der Waals surface area contributed by atoms with E-state index in [2.05, 4.69) is 15.3 Å². The molecular weight excluding hydrogens is 491 g/mol. The van der Waals surface area contributed by atoms with Crippen LogP contribution in [0.2, 0.25) is 0 Å². The van der Waals surface area contributed by atoms with Gasteiger partial charge in [0.1, 0.15) is 24.4 Å². The second-order valence-corrected chi connectivity index (χ2v) is 9.68. The first-order valence-corrected chi connectivity index (χ1v) is 11.7. The highest BCUT2D eigenvalue weighted by atomic mass is 19.1. The molecule has 0 aliphatic carbocycles. The summed E-state index contributed by atoms with van der Waals surface area (Å²) in [5.41, 5.74) is 1.05. The van der Waals surface area contributed by atoms with Crippen molar-refractivity contribution in [2.24, 2.45) is 0 Å². The fourth-order valence-electron chi connectivity index (χ4n) is 4.01. The van der Waals surface area contributed by atoms with Crippen molar-refractivity contribution in [1.82, 2.24) is 19.9 Å². The van der Waals surface area contributed by atoms with Crippen LogP contribution in [0, 0.1) is 5.82 Å². The minimum absolute atomic E-state index is 0.0325. The SMILES string of the molecule is COc1cc(C=O)cc(-c2cnc3nc(-c4ccc(F)c(OC)c4)n(CC(=O)NC(C)(C)C)c(=O)c3c2)c1. The van der Waals surface area contributed by atoms with Gasteiger partial charge in [-0.3, -0.25) is 19.0 Å². The molecule has 196 valence electrons. The number of amides is 1. The quantitative estimate of drug-likeness (QED) is 0.368. The standard InChI is InChI=1S/C28H27FN4O5/c1-28(2,3)32-24(35)14-33-26(17-6-7-22(29)23(12-17)38-5)31-25-21(27(33)36)11-19(13-30-25)18-8-16(15-34)9-20(10-18)37-4/h6-13,15H,14H2,1-5H3,(H,32,35). The molecule has 2 aromatic heterocycles. The molecular formula is C28H27FN4O5. The zero-order valence-electron chi connectivity index (χ0n) is 21.7. The van der Waals surface area contributed by atoms with E-state index in [9.17, 15) is 18.8 Å². The normalized spacial score (nSPS) is 11.3. The van der Waals surface area contributed by atoms with Crippen LogP contribution < -0.4 is 20.3 Å². The van der Waals surface area contributed by atoms with Gasteiger partial charge in [-0.05, 0) is 68.8 Å². The van der Waals surface area contributed by atoms with E-state index in [1.807, 2.05) is 20.8 Å². The van der Waals surface area contributed by atoms with Crippen LogP contribution in [0.5, 0.6) is 11.5 Å². The predicted molar refractivity (Wildman–Crippen MR) is 141 cm³/mol. The largest absolute Gasteiger partial charge is 0.497 e. The lowest BCUT2D eigenvalue weighted by Gasteiger charge is -2.21. The Morgan fingerprint density at radius 2 is 1.82 bits per heavy atom. The van der Waals surface area contributed by atoms with E-state index in [1.165, 1.54) is 43.2 Å². The Morgan fingerprint density at radius 3 is 2.47 bits per heavy atom. The number of carbonyl (C=O) groups excluding carboxylic acids is 2. The molecule has 10 heteroatoms. The van der Waals surface area contributed by atoms with Crippen molar-refractivity contribution in [2.75, 3.05) is 14.2 Å². The molecule has 0 spiro atoms. The topological polar surface area (TPSA) is 112 Å². The zero-order chi connectivity index (χ0) is 27.6. The highest BCUT2D eigenvalue weighted by molar-refractivity contribution is 5.85. The van der Waals surface area contributed by atoms with E-state index in [0.717, 1.165) is 0 Å². The molecule has 0 bridgehead atoms. The number of ether oxygens (including phenoxy) is 2. The molecule has 0 saturated carbocycles. The summed E-state index contributed by atoms with van der Waals surface area (Å²) in [7, 11) is 2.82. The van der Waals surface area contributed by atoms with Gasteiger partial charge in [-0.2, -0.15) is 0 Å². The molecule has 2 aromatic carbocycles. The number of hydrogen-bond donors (Lipinski definition) is 1. The van der Waals surface area contributed by atoms with Gasteiger partial charge in [-0.15, -0.1) is 0 Å². The third kappa shape index (κ3) is 5.54. The van der Waals surface area contributed by atoms with Gasteiger partial charge in [0.25, 0.3) is 5.56 Å². The monoisotopic (exact) mass is 518 g/mol. The Balaban J connectivity index is 1.93. The number of methoxy groups -OCH3 is 2. The van der Waals surface area contributed by atoms with Gasteiger partial charge in [0.05, 0.1) is 19.6 Å². The molecule has 0 radical (unpaired) electrons. The van der Waals surface area contributed by atoms with E-state index >= 15 is 0 Å². The summed E-state index contributed by atoms with van der Waals surface area (Å²) in [5, 5.41) is 3.01. The number of hydrogen-bond acceptors (Lipinski definition) is 7. The van der Waals surface area contributed by atoms with Crippen LogP contribution in [0.15, 0.2) is 53.5 Å². The van der Waals surface area contributed by atoms with Crippen molar-refractivity contribution in [3.63, 3.8) is 0 Å². The molecule has 1 amide bonds. The Hall–Kier alpha value is -4.60. The molecule has 38 heavy (non-hydrogen) atoms. The Kier molecular flexibility index (Phi) is 7.25. The molecule has 0 atom stereocenters. The fourth-order valence-corrected chi connectivity index (χ4v) is 4.01. The highest BCUT2D eigenvalue weighted by Crippen LogP contribution is 2.29. The number of nitrogens with one attached hydrogen (secondary N) is 1. The van der Waals surface area contributed by atoms with E-state index in [-0.39, 0.29) is 29.2 Å². The smallest absolute Gasteiger partial charge is 0.263 e. The van der Waals surface area contributed by atoms with Gasteiger partial charge in [0.2, 0.25) is 5.91 Å². The maximum atomic E-state index is 14.1. The lowest BCUT2D eigenvalue weighted by atomic mass is 10.0. The second kappa shape index (κ2) is 10.4. The first-order valence-electron chi connectivity index (χ1n) is 11.7. The number of aromatic nitrogens is 3. The minimum atomic E-state index is -0.577. The van der Waals surface area contributed by atoms with Crippen molar-refractivity contribution < 1.29 is 23.5 Å². The average Bonchev–Trinajstić information content (AvgIpc) is 2.89. The highest BCUT2D eigenvalue weighted by Gasteiger charge is 2.21. The minimum Gasteiger partial charge on any atom is -0.497 e. The first kappa shape index (κ1) is 26.5. The molecule has 1 N–H and O–H groups in total. The first-order chi connectivity index (χ1) is 18.0. The number of benzene rings is 2. The number of pyridine rings is 1. The van der Waals surface area contributed by atoms with Crippen LogP contribution in [0.1, 0.15) is 31.1 Å². The number of aldehydes is 1. The van der Waals surface area contributed by atoms with Gasteiger partial charge in [-0.25, -0.2) is 14.4 Å². The summed E-state index contributed by atoms with van der Waals surface area (Å²) >= 11 is 0. The average molecular weight is 519 g/mol. The number of carbonyl (C=O) groups is 2. The molecule has 0 unspecified atom stereocenters. The van der Waals surface area contributed by atoms with Crippen LogP contribution in [0.3, 0.4) is 0 Å². The molecule has 4 rings (SSSR count). The van der Waals surface area contributed by atoms with E-state index in [1.54, 1.807) is 24.3 Å². The third-order valence-corrected chi connectivity index (χ3v) is 5.67. The Morgan fingerprint density at radius 1 is 1.05 bits per heavy atom. The van der Waals surface area contributed by atoms with Crippen LogP contribution in [-0.4, -0.2) is 46.5 Å².